The van der Waals surface area contributed by atoms with E-state index in [1.54, 1.807) is 22.8 Å². The first-order chi connectivity index (χ1) is 8.74. The van der Waals surface area contributed by atoms with Gasteiger partial charge in [0.2, 0.25) is 0 Å². The average molecular weight is 343 g/mol. The Kier molecular flexibility index (Phi) is 3.73. The summed E-state index contributed by atoms with van der Waals surface area (Å²) in [5.41, 5.74) is 2.71. The third-order valence-corrected chi connectivity index (χ3v) is 6.14. The van der Waals surface area contributed by atoms with Crippen molar-refractivity contribution in [2.24, 2.45) is 0 Å². The van der Waals surface area contributed by atoms with Gasteiger partial charge in [0.15, 0.2) is 0 Å². The predicted molar refractivity (Wildman–Crippen MR) is 81.0 cm³/mol. The number of halogens is 2. The Hall–Kier alpha value is -0.380. The van der Waals surface area contributed by atoms with Crippen LogP contribution in [0.25, 0.3) is 0 Å². The number of fused-ring (bicyclic) bond motifs is 1. The maximum atomic E-state index is 6.15. The molecule has 1 aliphatic rings. The number of hydrogen-bond acceptors (Lipinski definition) is 2. The summed E-state index contributed by atoms with van der Waals surface area (Å²) < 4.78 is 0. The van der Waals surface area contributed by atoms with Crippen LogP contribution in [-0.2, 0) is 19.3 Å². The summed E-state index contributed by atoms with van der Waals surface area (Å²) in [4.78, 5) is 7.38. The standard InChI is InChI=1S/C14H13BrClNS/c15-11(6-9-4-5-17-8-12(9)16)14-7-10-2-1-3-13(10)18-14/h4-5,7-8,11H,1-3,6H2. The van der Waals surface area contributed by atoms with Gasteiger partial charge in [0.1, 0.15) is 0 Å². The van der Waals surface area contributed by atoms with Crippen molar-refractivity contribution >= 4 is 38.9 Å². The van der Waals surface area contributed by atoms with Crippen molar-refractivity contribution in [2.75, 3.05) is 0 Å². The largest absolute Gasteiger partial charge is 0.263 e. The molecule has 0 amide bonds. The molecule has 4 heteroatoms. The zero-order valence-corrected chi connectivity index (χ0v) is 13.0. The minimum Gasteiger partial charge on any atom is -0.263 e. The topological polar surface area (TPSA) is 12.9 Å². The number of alkyl halides is 1. The van der Waals surface area contributed by atoms with E-state index >= 15 is 0 Å². The Labute approximate surface area is 124 Å². The molecule has 1 aliphatic carbocycles. The molecule has 0 saturated heterocycles. The first kappa shape index (κ1) is 12.6. The van der Waals surface area contributed by atoms with Crippen LogP contribution in [0.15, 0.2) is 24.5 Å². The normalized spacial score (nSPS) is 15.7. The van der Waals surface area contributed by atoms with Gasteiger partial charge in [0.25, 0.3) is 0 Å². The van der Waals surface area contributed by atoms with Crippen molar-refractivity contribution in [3.63, 3.8) is 0 Å². The Balaban J connectivity index is 1.78. The third kappa shape index (κ3) is 2.49. The van der Waals surface area contributed by atoms with Crippen LogP contribution in [-0.4, -0.2) is 4.98 Å². The lowest BCUT2D eigenvalue weighted by molar-refractivity contribution is 0.909. The molecule has 94 valence electrons. The zero-order chi connectivity index (χ0) is 12.5. The van der Waals surface area contributed by atoms with Gasteiger partial charge in [-0.25, -0.2) is 0 Å². The highest BCUT2D eigenvalue weighted by Gasteiger charge is 2.19. The van der Waals surface area contributed by atoms with Crippen molar-refractivity contribution in [2.45, 2.75) is 30.5 Å². The van der Waals surface area contributed by atoms with E-state index in [2.05, 4.69) is 27.0 Å². The molecule has 3 rings (SSSR count). The summed E-state index contributed by atoms with van der Waals surface area (Å²) in [6, 6.07) is 4.36. The molecule has 0 bridgehead atoms. The summed E-state index contributed by atoms with van der Waals surface area (Å²) in [5, 5.41) is 0.756. The lowest BCUT2D eigenvalue weighted by atomic mass is 10.1. The summed E-state index contributed by atoms with van der Waals surface area (Å²) in [6.07, 6.45) is 8.27. The maximum absolute atomic E-state index is 6.15. The van der Waals surface area contributed by atoms with Crippen LogP contribution in [0.5, 0.6) is 0 Å². The number of hydrogen-bond donors (Lipinski definition) is 0. The Bertz CT molecular complexity index is 545. The molecule has 2 aromatic rings. The lowest BCUT2D eigenvalue weighted by Crippen LogP contribution is -1.94. The maximum Gasteiger partial charge on any atom is 0.0621 e. The van der Waals surface area contributed by atoms with Gasteiger partial charge >= 0.3 is 0 Å². The van der Waals surface area contributed by atoms with Crippen molar-refractivity contribution in [1.82, 2.24) is 4.98 Å². The molecule has 1 nitrogen and oxygen atoms in total. The highest BCUT2D eigenvalue weighted by Crippen LogP contribution is 2.38. The van der Waals surface area contributed by atoms with Crippen LogP contribution in [0.2, 0.25) is 5.02 Å². The number of thiophene rings is 1. The fraction of sp³-hybridized carbons (Fsp3) is 0.357. The van der Waals surface area contributed by atoms with E-state index in [1.807, 2.05) is 17.4 Å². The molecule has 0 fully saturated rings. The first-order valence-corrected chi connectivity index (χ1v) is 8.19. The van der Waals surface area contributed by atoms with E-state index in [9.17, 15) is 0 Å². The van der Waals surface area contributed by atoms with Gasteiger partial charge in [0, 0.05) is 22.1 Å². The van der Waals surface area contributed by atoms with Gasteiger partial charge in [-0.3, -0.25) is 4.98 Å². The zero-order valence-electron chi connectivity index (χ0n) is 9.83. The number of aryl methyl sites for hydroxylation is 2. The summed E-state index contributed by atoms with van der Waals surface area (Å²) in [7, 11) is 0. The molecule has 0 aromatic carbocycles. The molecule has 0 saturated carbocycles. The molecule has 1 unspecified atom stereocenters. The Morgan fingerprint density at radius 2 is 2.33 bits per heavy atom. The quantitative estimate of drug-likeness (QED) is 0.718. The van der Waals surface area contributed by atoms with E-state index in [0.29, 0.717) is 4.83 Å². The van der Waals surface area contributed by atoms with Crippen LogP contribution in [0, 0.1) is 0 Å². The minimum atomic E-state index is 0.355. The lowest BCUT2D eigenvalue weighted by Gasteiger charge is -2.09. The molecule has 1 atom stereocenters. The number of rotatable bonds is 3. The van der Waals surface area contributed by atoms with Crippen molar-refractivity contribution < 1.29 is 0 Å². The summed E-state index contributed by atoms with van der Waals surface area (Å²) in [5.74, 6) is 0. The van der Waals surface area contributed by atoms with Gasteiger partial charge in [-0.1, -0.05) is 27.5 Å². The van der Waals surface area contributed by atoms with Crippen LogP contribution >= 0.6 is 38.9 Å². The molecular weight excluding hydrogens is 330 g/mol. The van der Waals surface area contributed by atoms with E-state index in [1.165, 1.54) is 24.1 Å². The molecule has 2 heterocycles. The van der Waals surface area contributed by atoms with Crippen LogP contribution in [0.4, 0.5) is 0 Å². The molecular formula is C14H13BrClNS. The Morgan fingerprint density at radius 3 is 3.11 bits per heavy atom. The van der Waals surface area contributed by atoms with Crippen LogP contribution in [0.3, 0.4) is 0 Å². The van der Waals surface area contributed by atoms with E-state index < -0.39 is 0 Å². The van der Waals surface area contributed by atoms with Crippen LogP contribution in [0.1, 0.15) is 32.1 Å². The minimum absolute atomic E-state index is 0.355. The van der Waals surface area contributed by atoms with Crippen LogP contribution < -0.4 is 0 Å². The van der Waals surface area contributed by atoms with Gasteiger partial charge in [-0.2, -0.15) is 0 Å². The number of aromatic nitrogens is 1. The predicted octanol–water partition coefficient (Wildman–Crippen LogP) is 4.96. The monoisotopic (exact) mass is 341 g/mol. The fourth-order valence-corrected chi connectivity index (χ4v) is 4.56. The second kappa shape index (κ2) is 5.32. The second-order valence-corrected chi connectivity index (χ2v) is 7.27. The highest BCUT2D eigenvalue weighted by atomic mass is 79.9. The summed E-state index contributed by atoms with van der Waals surface area (Å²) >= 11 is 11.9. The molecule has 18 heavy (non-hydrogen) atoms. The van der Waals surface area contributed by atoms with E-state index in [4.69, 9.17) is 11.6 Å². The molecule has 0 spiro atoms. The first-order valence-electron chi connectivity index (χ1n) is 6.08. The summed E-state index contributed by atoms with van der Waals surface area (Å²) in [6.45, 7) is 0. The molecule has 0 aliphatic heterocycles. The molecule has 0 radical (unpaired) electrons. The van der Waals surface area contributed by atoms with Gasteiger partial charge < -0.3 is 0 Å². The third-order valence-electron chi connectivity index (χ3n) is 3.33. The number of pyridine rings is 1. The smallest absolute Gasteiger partial charge is 0.0621 e. The Morgan fingerprint density at radius 1 is 1.44 bits per heavy atom. The van der Waals surface area contributed by atoms with Gasteiger partial charge in [-0.15, -0.1) is 11.3 Å². The van der Waals surface area contributed by atoms with Gasteiger partial charge in [0.05, 0.1) is 9.85 Å². The fourth-order valence-electron chi connectivity index (χ4n) is 2.37. The van der Waals surface area contributed by atoms with Crippen molar-refractivity contribution in [3.05, 3.63) is 50.4 Å². The van der Waals surface area contributed by atoms with E-state index in [0.717, 1.165) is 17.0 Å². The van der Waals surface area contributed by atoms with Gasteiger partial charge in [-0.05, 0) is 48.9 Å². The highest BCUT2D eigenvalue weighted by molar-refractivity contribution is 9.09. The van der Waals surface area contributed by atoms with Crippen molar-refractivity contribution in [3.8, 4) is 0 Å². The second-order valence-electron chi connectivity index (χ2n) is 4.59. The number of nitrogens with zero attached hydrogens (tertiary/aromatic N) is 1. The molecule has 2 aromatic heterocycles. The van der Waals surface area contributed by atoms with E-state index in [-0.39, 0.29) is 0 Å². The SMILES string of the molecule is Clc1cnccc1CC(Br)c1cc2c(s1)CCC2. The molecule has 0 N–H and O–H groups in total. The van der Waals surface area contributed by atoms with Crippen molar-refractivity contribution in [1.29, 1.82) is 0 Å². The average Bonchev–Trinajstić information content (AvgIpc) is 2.92.